The number of hydrogen-bond donors (Lipinski definition) is 1. The van der Waals surface area contributed by atoms with E-state index in [0.29, 0.717) is 17.2 Å². The molecular formula is C25H18N8O. The van der Waals surface area contributed by atoms with Gasteiger partial charge in [-0.2, -0.15) is 9.61 Å². The third-order valence-corrected chi connectivity index (χ3v) is 5.48. The van der Waals surface area contributed by atoms with Crippen molar-refractivity contribution in [2.24, 2.45) is 0 Å². The number of rotatable bonds is 5. The Labute approximate surface area is 193 Å². The zero-order chi connectivity index (χ0) is 22.9. The first-order chi connectivity index (χ1) is 16.7. The normalized spacial score (nSPS) is 11.2. The highest BCUT2D eigenvalue weighted by molar-refractivity contribution is 5.92. The smallest absolute Gasteiger partial charge is 0.244 e. The summed E-state index contributed by atoms with van der Waals surface area (Å²) in [5.74, 6) is 0.499. The van der Waals surface area contributed by atoms with Crippen LogP contribution in [0.15, 0.2) is 91.5 Å². The molecule has 0 atom stereocenters. The number of benzene rings is 2. The fraction of sp³-hybridized carbons (Fsp3) is 0.0400. The number of fused-ring (bicyclic) bond motifs is 2. The highest BCUT2D eigenvalue weighted by Crippen LogP contribution is 2.23. The topological polar surface area (TPSA) is 103 Å². The molecule has 2 aromatic carbocycles. The lowest BCUT2D eigenvalue weighted by molar-refractivity contribution is -0.116. The van der Waals surface area contributed by atoms with Crippen LogP contribution in [0.5, 0.6) is 0 Å². The minimum atomic E-state index is -0.137. The number of hydrogen-bond acceptors (Lipinski definition) is 6. The minimum Gasteiger partial charge on any atom is -0.325 e. The molecule has 9 nitrogen and oxygen atoms in total. The quantitative estimate of drug-likeness (QED) is 0.432. The largest absolute Gasteiger partial charge is 0.325 e. The highest BCUT2D eigenvalue weighted by atomic mass is 16.1. The molecule has 0 spiro atoms. The van der Waals surface area contributed by atoms with E-state index in [-0.39, 0.29) is 12.5 Å². The molecule has 0 fully saturated rings. The van der Waals surface area contributed by atoms with Crippen LogP contribution in [0.3, 0.4) is 0 Å². The first kappa shape index (κ1) is 19.7. The maximum atomic E-state index is 12.7. The Morgan fingerprint density at radius 1 is 0.882 bits per heavy atom. The summed E-state index contributed by atoms with van der Waals surface area (Å²) in [4.78, 5) is 21.1. The average Bonchev–Trinajstić information content (AvgIpc) is 3.49. The molecule has 9 heteroatoms. The highest BCUT2D eigenvalue weighted by Gasteiger charge is 2.12. The summed E-state index contributed by atoms with van der Waals surface area (Å²) in [7, 11) is 0. The standard InChI is InChI=1S/C25H18N8O/c34-24(15-32-16-27-21-6-1-2-7-22(21)32)28-19-5-3-4-18(14-19)20-8-9-23-29-30-25(33(23)31-20)17-10-12-26-13-11-17/h1-14,16H,15H2,(H,28,34). The molecule has 0 saturated carbocycles. The summed E-state index contributed by atoms with van der Waals surface area (Å²) in [6.07, 6.45) is 5.09. The Morgan fingerprint density at radius 2 is 1.76 bits per heavy atom. The average molecular weight is 446 g/mol. The molecule has 6 rings (SSSR count). The molecule has 34 heavy (non-hydrogen) atoms. The lowest BCUT2D eigenvalue weighted by atomic mass is 10.1. The Bertz CT molecular complexity index is 1640. The molecule has 6 aromatic rings. The Kier molecular flexibility index (Phi) is 4.77. The fourth-order valence-corrected chi connectivity index (χ4v) is 3.87. The van der Waals surface area contributed by atoms with Crippen molar-refractivity contribution >= 4 is 28.3 Å². The predicted molar refractivity (Wildman–Crippen MR) is 128 cm³/mol. The molecule has 4 aromatic heterocycles. The monoisotopic (exact) mass is 446 g/mol. The molecule has 0 bridgehead atoms. The van der Waals surface area contributed by atoms with Crippen LogP contribution in [0.4, 0.5) is 5.69 Å². The van der Waals surface area contributed by atoms with Crippen molar-refractivity contribution < 1.29 is 4.79 Å². The van der Waals surface area contributed by atoms with Crippen molar-refractivity contribution in [3.63, 3.8) is 0 Å². The predicted octanol–water partition coefficient (Wildman–Crippen LogP) is 3.84. The summed E-state index contributed by atoms with van der Waals surface area (Å²) in [6.45, 7) is 0.172. The first-order valence-corrected chi connectivity index (χ1v) is 10.7. The van der Waals surface area contributed by atoms with Gasteiger partial charge in [0, 0.05) is 29.2 Å². The van der Waals surface area contributed by atoms with Crippen LogP contribution in [0.1, 0.15) is 0 Å². The van der Waals surface area contributed by atoms with Gasteiger partial charge in [-0.15, -0.1) is 10.2 Å². The van der Waals surface area contributed by atoms with E-state index in [1.165, 1.54) is 0 Å². The van der Waals surface area contributed by atoms with Crippen molar-refractivity contribution in [1.82, 2.24) is 34.3 Å². The molecule has 1 N–H and O–H groups in total. The first-order valence-electron chi connectivity index (χ1n) is 10.7. The van der Waals surface area contributed by atoms with Crippen LogP contribution in [0.25, 0.3) is 39.3 Å². The van der Waals surface area contributed by atoms with Crippen molar-refractivity contribution in [1.29, 1.82) is 0 Å². The summed E-state index contributed by atoms with van der Waals surface area (Å²) in [5, 5.41) is 16.2. The van der Waals surface area contributed by atoms with Gasteiger partial charge in [0.1, 0.15) is 6.54 Å². The van der Waals surface area contributed by atoms with Crippen LogP contribution in [0.2, 0.25) is 0 Å². The van der Waals surface area contributed by atoms with Crippen molar-refractivity contribution in [3.8, 4) is 22.6 Å². The molecule has 0 aliphatic rings. The van der Waals surface area contributed by atoms with Crippen molar-refractivity contribution in [2.45, 2.75) is 6.54 Å². The Hall–Kier alpha value is -4.92. The number of pyridine rings is 1. The lowest BCUT2D eigenvalue weighted by Gasteiger charge is -2.09. The van der Waals surface area contributed by atoms with Crippen LogP contribution in [0, 0.1) is 0 Å². The van der Waals surface area contributed by atoms with Gasteiger partial charge in [-0.25, -0.2) is 4.98 Å². The number of carbonyl (C=O) groups is 1. The van der Waals surface area contributed by atoms with Crippen LogP contribution < -0.4 is 5.32 Å². The van der Waals surface area contributed by atoms with E-state index in [0.717, 1.165) is 27.9 Å². The van der Waals surface area contributed by atoms with Gasteiger partial charge in [-0.1, -0.05) is 24.3 Å². The summed E-state index contributed by atoms with van der Waals surface area (Å²) >= 11 is 0. The zero-order valence-corrected chi connectivity index (χ0v) is 17.9. The van der Waals surface area contributed by atoms with Crippen LogP contribution in [-0.2, 0) is 11.3 Å². The molecule has 0 aliphatic carbocycles. The third kappa shape index (κ3) is 3.65. The fourth-order valence-electron chi connectivity index (χ4n) is 3.87. The second-order valence-corrected chi connectivity index (χ2v) is 7.74. The summed E-state index contributed by atoms with van der Waals surface area (Å²) in [6, 6.07) is 22.8. The minimum absolute atomic E-state index is 0.137. The number of imidazole rings is 1. The van der Waals surface area contributed by atoms with E-state index in [1.54, 1.807) is 23.2 Å². The molecule has 0 unspecified atom stereocenters. The van der Waals surface area contributed by atoms with E-state index < -0.39 is 0 Å². The maximum Gasteiger partial charge on any atom is 0.244 e. The van der Waals surface area contributed by atoms with Gasteiger partial charge in [0.25, 0.3) is 0 Å². The number of amides is 1. The molecular weight excluding hydrogens is 428 g/mol. The SMILES string of the molecule is O=C(Cn1cnc2ccccc21)Nc1cccc(-c2ccc3nnc(-c4ccncc4)n3n2)c1. The second-order valence-electron chi connectivity index (χ2n) is 7.74. The van der Waals surface area contributed by atoms with Gasteiger partial charge in [0.15, 0.2) is 11.5 Å². The molecule has 4 heterocycles. The third-order valence-electron chi connectivity index (χ3n) is 5.48. The van der Waals surface area contributed by atoms with E-state index in [1.807, 2.05) is 77.4 Å². The van der Waals surface area contributed by atoms with E-state index in [4.69, 9.17) is 5.10 Å². The van der Waals surface area contributed by atoms with Gasteiger partial charge in [-0.3, -0.25) is 9.78 Å². The summed E-state index contributed by atoms with van der Waals surface area (Å²) in [5.41, 5.74) is 5.59. The van der Waals surface area contributed by atoms with Crippen LogP contribution >= 0.6 is 0 Å². The van der Waals surface area contributed by atoms with Crippen LogP contribution in [-0.4, -0.2) is 40.3 Å². The lowest BCUT2D eigenvalue weighted by Crippen LogP contribution is -2.18. The second kappa shape index (κ2) is 8.21. The summed E-state index contributed by atoms with van der Waals surface area (Å²) < 4.78 is 3.54. The van der Waals surface area contributed by atoms with Crippen molar-refractivity contribution in [2.75, 3.05) is 5.32 Å². The van der Waals surface area contributed by atoms with Gasteiger partial charge >= 0.3 is 0 Å². The van der Waals surface area contributed by atoms with Gasteiger partial charge in [-0.05, 0) is 48.5 Å². The number of nitrogens with one attached hydrogen (secondary N) is 1. The molecule has 164 valence electrons. The van der Waals surface area contributed by atoms with Gasteiger partial charge in [0.05, 0.1) is 23.1 Å². The Balaban J connectivity index is 1.26. The van der Waals surface area contributed by atoms with Gasteiger partial charge < -0.3 is 9.88 Å². The number of anilines is 1. The molecule has 0 radical (unpaired) electrons. The Morgan fingerprint density at radius 3 is 2.68 bits per heavy atom. The van der Waals surface area contributed by atoms with E-state index in [9.17, 15) is 4.79 Å². The number of aromatic nitrogens is 7. The van der Waals surface area contributed by atoms with E-state index in [2.05, 4.69) is 25.5 Å². The molecule has 1 amide bonds. The molecule has 0 aliphatic heterocycles. The van der Waals surface area contributed by atoms with E-state index >= 15 is 0 Å². The number of para-hydroxylation sites is 2. The molecule has 0 saturated heterocycles. The zero-order valence-electron chi connectivity index (χ0n) is 17.9. The maximum absolute atomic E-state index is 12.7. The number of nitrogens with zero attached hydrogens (tertiary/aromatic N) is 7. The van der Waals surface area contributed by atoms with Gasteiger partial charge in [0.2, 0.25) is 5.91 Å². The van der Waals surface area contributed by atoms with Crippen molar-refractivity contribution in [3.05, 3.63) is 91.5 Å². The number of carbonyl (C=O) groups excluding carboxylic acids is 1.